The molecule has 0 aliphatic carbocycles. The molecule has 2 N–H and O–H groups in total. The van der Waals surface area contributed by atoms with Crippen LogP contribution < -0.4 is 10.6 Å². The summed E-state index contributed by atoms with van der Waals surface area (Å²) in [6.07, 6.45) is 1.48. The molecule has 120 valence electrons. The van der Waals surface area contributed by atoms with Gasteiger partial charge in [0, 0.05) is 37.5 Å². The molecule has 3 amide bonds. The standard InChI is InChI=1S/C16H17ClN4O2/c1-21(2)15(22)14-9-13(7-8-18-14)20-16(23)19-10-11-3-5-12(17)6-4-11/h3-9H,10H2,1-2H3,(H2,18,19,20,23). The normalized spacial score (nSPS) is 10.0. The van der Waals surface area contributed by atoms with Crippen LogP contribution in [0.5, 0.6) is 0 Å². The van der Waals surface area contributed by atoms with Crippen molar-refractivity contribution in [3.8, 4) is 0 Å². The van der Waals surface area contributed by atoms with Crippen LogP contribution in [0.4, 0.5) is 10.5 Å². The van der Waals surface area contributed by atoms with Crippen LogP contribution in [0.3, 0.4) is 0 Å². The minimum Gasteiger partial charge on any atom is -0.343 e. The summed E-state index contributed by atoms with van der Waals surface area (Å²) in [7, 11) is 3.28. The summed E-state index contributed by atoms with van der Waals surface area (Å²) in [4.78, 5) is 29.2. The Labute approximate surface area is 139 Å². The lowest BCUT2D eigenvalue weighted by Gasteiger charge is -2.11. The second kappa shape index (κ2) is 7.60. The average molecular weight is 333 g/mol. The molecule has 0 aliphatic rings. The Balaban J connectivity index is 1.93. The number of carbonyl (C=O) groups excluding carboxylic acids is 2. The van der Waals surface area contributed by atoms with Gasteiger partial charge < -0.3 is 15.5 Å². The second-order valence-corrected chi connectivity index (χ2v) is 5.50. The molecule has 0 atom stereocenters. The van der Waals surface area contributed by atoms with Crippen molar-refractivity contribution in [2.75, 3.05) is 19.4 Å². The van der Waals surface area contributed by atoms with Crippen LogP contribution >= 0.6 is 11.6 Å². The summed E-state index contributed by atoms with van der Waals surface area (Å²) in [5.74, 6) is -0.227. The number of halogens is 1. The van der Waals surface area contributed by atoms with Crippen LogP contribution in [0.15, 0.2) is 42.6 Å². The van der Waals surface area contributed by atoms with Gasteiger partial charge in [0.1, 0.15) is 5.69 Å². The number of nitrogens with zero attached hydrogens (tertiary/aromatic N) is 2. The highest BCUT2D eigenvalue weighted by Crippen LogP contribution is 2.11. The molecule has 2 rings (SSSR count). The topological polar surface area (TPSA) is 74.3 Å². The number of benzene rings is 1. The van der Waals surface area contributed by atoms with Gasteiger partial charge >= 0.3 is 6.03 Å². The predicted molar refractivity (Wildman–Crippen MR) is 89.6 cm³/mol. The van der Waals surface area contributed by atoms with Crippen molar-refractivity contribution >= 4 is 29.2 Å². The van der Waals surface area contributed by atoms with Gasteiger partial charge in [-0.25, -0.2) is 4.79 Å². The van der Waals surface area contributed by atoms with Gasteiger partial charge in [0.05, 0.1) is 0 Å². The first-order valence-corrected chi connectivity index (χ1v) is 7.30. The van der Waals surface area contributed by atoms with E-state index in [4.69, 9.17) is 11.6 Å². The van der Waals surface area contributed by atoms with Gasteiger partial charge in [0.25, 0.3) is 5.91 Å². The number of carbonyl (C=O) groups is 2. The Morgan fingerprint density at radius 2 is 1.87 bits per heavy atom. The summed E-state index contributed by atoms with van der Waals surface area (Å²) in [5, 5.41) is 6.05. The minimum atomic E-state index is -0.366. The van der Waals surface area contributed by atoms with Crippen LogP contribution in [-0.4, -0.2) is 35.9 Å². The maximum absolute atomic E-state index is 11.9. The highest BCUT2D eigenvalue weighted by Gasteiger charge is 2.11. The first-order valence-electron chi connectivity index (χ1n) is 6.92. The zero-order valence-corrected chi connectivity index (χ0v) is 13.6. The molecule has 2 aromatic rings. The fourth-order valence-electron chi connectivity index (χ4n) is 1.81. The lowest BCUT2D eigenvalue weighted by molar-refractivity contribution is 0.0822. The van der Waals surface area contributed by atoms with E-state index in [1.165, 1.54) is 17.2 Å². The van der Waals surface area contributed by atoms with Crippen LogP contribution in [0.1, 0.15) is 16.1 Å². The molecule has 23 heavy (non-hydrogen) atoms. The summed E-state index contributed by atoms with van der Waals surface area (Å²) >= 11 is 5.81. The second-order valence-electron chi connectivity index (χ2n) is 5.06. The Bertz CT molecular complexity index is 701. The maximum atomic E-state index is 11.9. The number of hydrogen-bond donors (Lipinski definition) is 2. The van der Waals surface area contributed by atoms with E-state index in [1.54, 1.807) is 32.3 Å². The number of anilines is 1. The number of rotatable bonds is 4. The SMILES string of the molecule is CN(C)C(=O)c1cc(NC(=O)NCc2ccc(Cl)cc2)ccn1. The molecule has 7 heteroatoms. The van der Waals surface area contributed by atoms with Crippen molar-refractivity contribution in [3.05, 3.63) is 58.9 Å². The van der Waals surface area contributed by atoms with Gasteiger partial charge in [-0.15, -0.1) is 0 Å². The fraction of sp³-hybridized carbons (Fsp3) is 0.188. The monoisotopic (exact) mass is 332 g/mol. The van der Waals surface area contributed by atoms with E-state index in [2.05, 4.69) is 15.6 Å². The quantitative estimate of drug-likeness (QED) is 0.904. The van der Waals surface area contributed by atoms with Crippen molar-refractivity contribution < 1.29 is 9.59 Å². The third-order valence-electron chi connectivity index (χ3n) is 3.01. The predicted octanol–water partition coefficient (Wildman–Crippen LogP) is 2.76. The third-order valence-corrected chi connectivity index (χ3v) is 3.26. The molecule has 0 unspecified atom stereocenters. The van der Waals surface area contributed by atoms with Crippen LogP contribution in [0, 0.1) is 0 Å². The highest BCUT2D eigenvalue weighted by molar-refractivity contribution is 6.30. The van der Waals surface area contributed by atoms with E-state index in [9.17, 15) is 9.59 Å². The third kappa shape index (κ3) is 4.96. The average Bonchev–Trinajstić information content (AvgIpc) is 2.53. The molecule has 6 nitrogen and oxygen atoms in total. The zero-order valence-electron chi connectivity index (χ0n) is 12.8. The molecule has 0 radical (unpaired) electrons. The lowest BCUT2D eigenvalue weighted by atomic mass is 10.2. The Kier molecular flexibility index (Phi) is 5.54. The molecular weight excluding hydrogens is 316 g/mol. The van der Waals surface area contributed by atoms with Crippen LogP contribution in [0.2, 0.25) is 5.02 Å². The van der Waals surface area contributed by atoms with Gasteiger partial charge in [-0.05, 0) is 29.8 Å². The van der Waals surface area contributed by atoms with Crippen molar-refractivity contribution in [3.63, 3.8) is 0 Å². The highest BCUT2D eigenvalue weighted by atomic mass is 35.5. The largest absolute Gasteiger partial charge is 0.343 e. The molecule has 0 saturated carbocycles. The van der Waals surface area contributed by atoms with Crippen molar-refractivity contribution in [2.24, 2.45) is 0 Å². The van der Waals surface area contributed by atoms with Gasteiger partial charge in [-0.1, -0.05) is 23.7 Å². The van der Waals surface area contributed by atoms with Crippen molar-refractivity contribution in [1.29, 1.82) is 0 Å². The zero-order chi connectivity index (χ0) is 16.8. The smallest absolute Gasteiger partial charge is 0.319 e. The Hall–Kier alpha value is -2.60. The van der Waals surface area contributed by atoms with Crippen molar-refractivity contribution in [1.82, 2.24) is 15.2 Å². The summed E-state index contributed by atoms with van der Waals surface area (Å²) in [6, 6.07) is 9.98. The molecule has 0 saturated heterocycles. The first-order chi connectivity index (χ1) is 11.0. The van der Waals surface area contributed by atoms with E-state index in [0.717, 1.165) is 5.56 Å². The Morgan fingerprint density at radius 1 is 1.17 bits per heavy atom. The number of amides is 3. The Morgan fingerprint density at radius 3 is 2.52 bits per heavy atom. The van der Waals surface area contributed by atoms with E-state index >= 15 is 0 Å². The van der Waals surface area contributed by atoms with E-state index in [0.29, 0.717) is 17.3 Å². The van der Waals surface area contributed by atoms with E-state index < -0.39 is 0 Å². The van der Waals surface area contributed by atoms with E-state index in [1.807, 2.05) is 12.1 Å². The van der Waals surface area contributed by atoms with E-state index in [-0.39, 0.29) is 17.6 Å². The first kappa shape index (κ1) is 16.8. The number of hydrogen-bond acceptors (Lipinski definition) is 3. The summed E-state index contributed by atoms with van der Waals surface area (Å²) in [6.45, 7) is 0.373. The van der Waals surface area contributed by atoms with Gasteiger partial charge in [-0.2, -0.15) is 0 Å². The van der Waals surface area contributed by atoms with Crippen molar-refractivity contribution in [2.45, 2.75) is 6.54 Å². The number of nitrogens with one attached hydrogen (secondary N) is 2. The number of urea groups is 1. The minimum absolute atomic E-state index is 0.227. The van der Waals surface area contributed by atoms with Gasteiger partial charge in [0.2, 0.25) is 0 Å². The lowest BCUT2D eigenvalue weighted by Crippen LogP contribution is -2.28. The van der Waals surface area contributed by atoms with Gasteiger partial charge in [0.15, 0.2) is 0 Å². The van der Waals surface area contributed by atoms with Gasteiger partial charge in [-0.3, -0.25) is 9.78 Å². The van der Waals surface area contributed by atoms with Crippen LogP contribution in [0.25, 0.3) is 0 Å². The molecule has 0 fully saturated rings. The molecule has 1 aromatic heterocycles. The molecule has 0 spiro atoms. The number of pyridine rings is 1. The molecular formula is C16H17ClN4O2. The maximum Gasteiger partial charge on any atom is 0.319 e. The molecule has 1 aromatic carbocycles. The number of aromatic nitrogens is 1. The molecule has 0 aliphatic heterocycles. The summed E-state index contributed by atoms with van der Waals surface area (Å²) in [5.41, 5.74) is 1.70. The summed E-state index contributed by atoms with van der Waals surface area (Å²) < 4.78 is 0. The van der Waals surface area contributed by atoms with Crippen LogP contribution in [-0.2, 0) is 6.54 Å². The molecule has 1 heterocycles. The fourth-order valence-corrected chi connectivity index (χ4v) is 1.94. The molecule has 0 bridgehead atoms.